The van der Waals surface area contributed by atoms with Crippen LogP contribution in [-0.4, -0.2) is 20.6 Å². The quantitative estimate of drug-likeness (QED) is 0.185. The van der Waals surface area contributed by atoms with Gasteiger partial charge in [0.25, 0.3) is 0 Å². The van der Waals surface area contributed by atoms with E-state index in [0.717, 1.165) is 52.1 Å². The maximum absolute atomic E-state index is 6.36. The molecule has 0 saturated carbocycles. The number of benzene rings is 6. The Morgan fingerprint density at radius 2 is 1.28 bits per heavy atom. The largest absolute Gasteiger partial charge is 0.489 e. The third-order valence-corrected chi connectivity index (χ3v) is 11.9. The van der Waals surface area contributed by atoms with Crippen molar-refractivity contribution < 1.29 is 4.74 Å². The molecule has 4 nitrogen and oxygen atoms in total. The van der Waals surface area contributed by atoms with Crippen molar-refractivity contribution in [3.05, 3.63) is 174 Å². The lowest BCUT2D eigenvalue weighted by atomic mass is 9.80. The number of fused-ring (bicyclic) bond motifs is 9. The van der Waals surface area contributed by atoms with Crippen LogP contribution in [-0.2, 0) is 5.41 Å². The molecule has 2 aliphatic carbocycles. The van der Waals surface area contributed by atoms with Crippen LogP contribution in [0.2, 0.25) is 0 Å². The van der Waals surface area contributed by atoms with E-state index in [1.807, 2.05) is 12.1 Å². The molecular formula is C49H37N3O. The van der Waals surface area contributed by atoms with E-state index in [1.54, 1.807) is 0 Å². The Morgan fingerprint density at radius 3 is 2.06 bits per heavy atom. The number of nitrogens with zero attached hydrogens (tertiary/aromatic N) is 3. The van der Waals surface area contributed by atoms with Crippen LogP contribution in [0.25, 0.3) is 67.0 Å². The first-order valence-electron chi connectivity index (χ1n) is 18.7. The van der Waals surface area contributed by atoms with Gasteiger partial charge in [0.05, 0.1) is 22.4 Å². The van der Waals surface area contributed by atoms with Gasteiger partial charge in [-0.05, 0) is 82.6 Å². The average molecular weight is 684 g/mol. The number of hydrogen-bond acceptors (Lipinski definition) is 3. The second-order valence-electron chi connectivity index (χ2n) is 15.3. The average Bonchev–Trinajstić information content (AvgIpc) is 3.82. The van der Waals surface area contributed by atoms with Gasteiger partial charge in [-0.15, -0.1) is 0 Å². The van der Waals surface area contributed by atoms with Crippen molar-refractivity contribution >= 4 is 27.4 Å². The van der Waals surface area contributed by atoms with E-state index in [2.05, 4.69) is 158 Å². The summed E-state index contributed by atoms with van der Waals surface area (Å²) in [5.74, 6) is 2.02. The summed E-state index contributed by atoms with van der Waals surface area (Å²) in [7, 11) is 0. The summed E-state index contributed by atoms with van der Waals surface area (Å²) in [6.45, 7) is 4.74. The second kappa shape index (κ2) is 11.4. The van der Waals surface area contributed by atoms with Crippen molar-refractivity contribution in [2.45, 2.75) is 44.1 Å². The Hall–Kier alpha value is -6.26. The fourth-order valence-corrected chi connectivity index (χ4v) is 9.25. The van der Waals surface area contributed by atoms with Gasteiger partial charge in [-0.25, -0.2) is 9.97 Å². The lowest BCUT2D eigenvalue weighted by Crippen LogP contribution is -2.21. The van der Waals surface area contributed by atoms with Gasteiger partial charge in [0, 0.05) is 38.8 Å². The number of para-hydroxylation sites is 2. The first kappa shape index (κ1) is 30.4. The smallest absolute Gasteiger partial charge is 0.235 e. The van der Waals surface area contributed by atoms with Gasteiger partial charge in [0.15, 0.2) is 0 Å². The van der Waals surface area contributed by atoms with Crippen LogP contribution in [0.3, 0.4) is 0 Å². The molecule has 254 valence electrons. The molecule has 0 fully saturated rings. The van der Waals surface area contributed by atoms with E-state index in [-0.39, 0.29) is 11.5 Å². The van der Waals surface area contributed by atoms with Gasteiger partial charge in [0.1, 0.15) is 11.9 Å². The number of hydrogen-bond donors (Lipinski definition) is 0. The van der Waals surface area contributed by atoms with Crippen molar-refractivity contribution in [2.75, 3.05) is 0 Å². The minimum atomic E-state index is -0.176. The summed E-state index contributed by atoms with van der Waals surface area (Å²) >= 11 is 0. The normalized spacial score (nSPS) is 17.9. The summed E-state index contributed by atoms with van der Waals surface area (Å²) in [6.07, 6.45) is 4.76. The highest BCUT2D eigenvalue weighted by Gasteiger charge is 2.38. The molecule has 2 aromatic heterocycles. The van der Waals surface area contributed by atoms with Crippen LogP contribution < -0.4 is 4.74 Å². The fourth-order valence-electron chi connectivity index (χ4n) is 9.25. The standard InChI is InChI=1S/C49H37N3O/c1-49(2)40-23-21-32(33-22-24-47-39(26-33)35-18-10-12-20-46(35)53-47)25-36(40)37-27-38-34-17-9-11-19-44(34)52(45(38)28-41(37)49)48-50-42(30-13-5-3-6-14-30)29-43(51-48)31-15-7-4-8-16-31/h3-21,23,25-29,39,47H,22,24H2,1-2H3. The second-order valence-corrected chi connectivity index (χ2v) is 15.3. The molecule has 0 radical (unpaired) electrons. The number of aromatic nitrogens is 3. The van der Waals surface area contributed by atoms with E-state index in [0.29, 0.717) is 11.9 Å². The Balaban J connectivity index is 1.10. The molecule has 0 amide bonds. The third kappa shape index (κ3) is 4.61. The van der Waals surface area contributed by atoms with Gasteiger partial charge in [-0.2, -0.15) is 0 Å². The van der Waals surface area contributed by atoms with Crippen molar-refractivity contribution in [3.8, 4) is 45.3 Å². The molecule has 4 heteroatoms. The molecule has 11 rings (SSSR count). The molecule has 2 unspecified atom stereocenters. The van der Waals surface area contributed by atoms with E-state index in [1.165, 1.54) is 49.7 Å². The topological polar surface area (TPSA) is 39.9 Å². The van der Waals surface area contributed by atoms with Crippen LogP contribution in [0.1, 0.15) is 54.9 Å². The molecule has 0 saturated heterocycles. The third-order valence-electron chi connectivity index (χ3n) is 11.9. The molecule has 8 aromatic rings. The Labute approximate surface area is 309 Å². The number of rotatable bonds is 4. The maximum Gasteiger partial charge on any atom is 0.235 e. The van der Waals surface area contributed by atoms with Gasteiger partial charge < -0.3 is 4.74 Å². The van der Waals surface area contributed by atoms with E-state index < -0.39 is 0 Å². The highest BCUT2D eigenvalue weighted by molar-refractivity contribution is 6.11. The molecular weight excluding hydrogens is 647 g/mol. The van der Waals surface area contributed by atoms with Gasteiger partial charge in [-0.3, -0.25) is 4.57 Å². The number of ether oxygens (including phenoxy) is 1. The Kier molecular flexibility index (Phi) is 6.52. The van der Waals surface area contributed by atoms with Crippen LogP contribution >= 0.6 is 0 Å². The number of allylic oxidation sites excluding steroid dienone is 1. The van der Waals surface area contributed by atoms with E-state index >= 15 is 0 Å². The monoisotopic (exact) mass is 683 g/mol. The Morgan fingerprint density at radius 1 is 0.604 bits per heavy atom. The minimum absolute atomic E-state index is 0.176. The lowest BCUT2D eigenvalue weighted by molar-refractivity contribution is 0.206. The summed E-state index contributed by atoms with van der Waals surface area (Å²) in [6, 6.07) is 52.2. The van der Waals surface area contributed by atoms with Crippen LogP contribution in [0.15, 0.2) is 152 Å². The SMILES string of the molecule is CC1(C)c2ccc(C3=CC4c5ccccc5OC4CC3)cc2-c2cc3c4ccccc4n(-c4nc(-c5ccccc5)cc(-c5ccccc5)n4)c3cc21. The highest BCUT2D eigenvalue weighted by atomic mass is 16.5. The predicted molar refractivity (Wildman–Crippen MR) is 216 cm³/mol. The molecule has 0 spiro atoms. The van der Waals surface area contributed by atoms with Crippen molar-refractivity contribution in [1.29, 1.82) is 0 Å². The fraction of sp³-hybridized carbons (Fsp3) is 0.143. The van der Waals surface area contributed by atoms with E-state index in [9.17, 15) is 0 Å². The Bertz CT molecular complexity index is 2740. The zero-order valence-electron chi connectivity index (χ0n) is 29.8. The lowest BCUT2D eigenvalue weighted by Gasteiger charge is -2.25. The van der Waals surface area contributed by atoms with Crippen LogP contribution in [0.5, 0.6) is 5.75 Å². The van der Waals surface area contributed by atoms with Gasteiger partial charge in [-0.1, -0.05) is 129 Å². The maximum atomic E-state index is 6.36. The van der Waals surface area contributed by atoms with E-state index in [4.69, 9.17) is 14.7 Å². The summed E-state index contributed by atoms with van der Waals surface area (Å²) in [5, 5.41) is 2.41. The zero-order valence-corrected chi connectivity index (χ0v) is 29.8. The highest BCUT2D eigenvalue weighted by Crippen LogP contribution is 2.53. The van der Waals surface area contributed by atoms with Crippen molar-refractivity contribution in [1.82, 2.24) is 14.5 Å². The van der Waals surface area contributed by atoms with Gasteiger partial charge in [0.2, 0.25) is 5.95 Å². The van der Waals surface area contributed by atoms with Gasteiger partial charge >= 0.3 is 0 Å². The molecule has 0 N–H and O–H groups in total. The first-order valence-corrected chi connectivity index (χ1v) is 18.7. The van der Waals surface area contributed by atoms with Crippen LogP contribution in [0.4, 0.5) is 0 Å². The molecule has 0 bridgehead atoms. The predicted octanol–water partition coefficient (Wildman–Crippen LogP) is 11.9. The minimum Gasteiger partial charge on any atom is -0.489 e. The van der Waals surface area contributed by atoms with Crippen molar-refractivity contribution in [3.63, 3.8) is 0 Å². The molecule has 3 aliphatic rings. The zero-order chi connectivity index (χ0) is 35.3. The molecule has 6 aromatic carbocycles. The summed E-state index contributed by atoms with van der Waals surface area (Å²) in [5.41, 5.74) is 15.4. The molecule has 2 atom stereocenters. The molecule has 3 heterocycles. The molecule has 53 heavy (non-hydrogen) atoms. The first-order chi connectivity index (χ1) is 26.0. The van der Waals surface area contributed by atoms with Crippen LogP contribution in [0, 0.1) is 0 Å². The summed E-state index contributed by atoms with van der Waals surface area (Å²) in [4.78, 5) is 10.6. The molecule has 1 aliphatic heterocycles. The summed E-state index contributed by atoms with van der Waals surface area (Å²) < 4.78 is 8.63. The van der Waals surface area contributed by atoms with Crippen molar-refractivity contribution in [2.24, 2.45) is 0 Å².